The van der Waals surface area contributed by atoms with E-state index in [9.17, 15) is 4.39 Å². The second-order valence-electron chi connectivity index (χ2n) is 6.18. The van der Waals surface area contributed by atoms with Crippen LogP contribution in [-0.2, 0) is 13.0 Å². The van der Waals surface area contributed by atoms with Crippen LogP contribution in [0, 0.1) is 5.82 Å². The van der Waals surface area contributed by atoms with E-state index in [0.29, 0.717) is 5.11 Å². The molecule has 3 rings (SSSR count). The van der Waals surface area contributed by atoms with E-state index in [1.54, 1.807) is 23.5 Å². The second-order valence-corrected chi connectivity index (χ2v) is 7.60. The molecule has 26 heavy (non-hydrogen) atoms. The number of anilines is 1. The summed E-state index contributed by atoms with van der Waals surface area (Å²) in [6, 6.07) is 21.0. The van der Waals surface area contributed by atoms with Gasteiger partial charge in [-0.2, -0.15) is 0 Å². The summed E-state index contributed by atoms with van der Waals surface area (Å²) >= 11 is 7.45. The Kier molecular flexibility index (Phi) is 6.36. The molecule has 0 saturated carbocycles. The highest BCUT2D eigenvalue weighted by atomic mass is 32.1. The van der Waals surface area contributed by atoms with Gasteiger partial charge in [-0.25, -0.2) is 4.39 Å². The summed E-state index contributed by atoms with van der Waals surface area (Å²) < 4.78 is 13.1. The molecule has 1 atom stereocenters. The Hall–Kier alpha value is -2.24. The molecular formula is C21H21FN2S2. The number of nitrogens with one attached hydrogen (secondary N) is 1. The average Bonchev–Trinajstić information content (AvgIpc) is 3.15. The average molecular weight is 385 g/mol. The van der Waals surface area contributed by atoms with Crippen molar-refractivity contribution < 1.29 is 4.39 Å². The molecule has 0 unspecified atom stereocenters. The number of hydrogen-bond acceptors (Lipinski definition) is 2. The molecule has 1 heterocycles. The normalized spacial score (nSPS) is 11.8. The fourth-order valence-electron chi connectivity index (χ4n) is 2.77. The maximum absolute atomic E-state index is 13.1. The number of thiocarbonyl (C=S) groups is 1. The standard InChI is InChI=1S/C21H21FN2S2/c1-16(14-20-8-5-13-26-20)24(15-17-6-3-2-4-7-17)21(25)23-19-11-9-18(22)10-12-19/h2-13,16H,14-15H2,1H3,(H,23,25)/t16-/m1/s1. The molecule has 0 amide bonds. The van der Waals surface area contributed by atoms with Crippen molar-refractivity contribution in [1.82, 2.24) is 4.90 Å². The van der Waals surface area contributed by atoms with Crippen molar-refractivity contribution in [3.8, 4) is 0 Å². The summed E-state index contributed by atoms with van der Waals surface area (Å²) in [5.41, 5.74) is 1.99. The predicted molar refractivity (Wildman–Crippen MR) is 112 cm³/mol. The van der Waals surface area contributed by atoms with E-state index in [4.69, 9.17) is 12.2 Å². The van der Waals surface area contributed by atoms with Crippen molar-refractivity contribution in [2.75, 3.05) is 5.32 Å². The van der Waals surface area contributed by atoms with E-state index in [1.807, 2.05) is 18.2 Å². The van der Waals surface area contributed by atoms with Crippen molar-refractivity contribution >= 4 is 34.4 Å². The zero-order chi connectivity index (χ0) is 18.4. The molecule has 5 heteroatoms. The Bertz CT molecular complexity index is 817. The molecule has 0 aliphatic carbocycles. The largest absolute Gasteiger partial charge is 0.342 e. The molecule has 0 aliphatic heterocycles. The number of halogens is 1. The van der Waals surface area contributed by atoms with Gasteiger partial charge < -0.3 is 10.2 Å². The first-order chi connectivity index (χ1) is 12.6. The van der Waals surface area contributed by atoms with E-state index in [1.165, 1.54) is 22.6 Å². The lowest BCUT2D eigenvalue weighted by atomic mass is 10.1. The van der Waals surface area contributed by atoms with Crippen LogP contribution in [0.25, 0.3) is 0 Å². The maximum Gasteiger partial charge on any atom is 0.173 e. The molecule has 1 aromatic heterocycles. The third kappa shape index (κ3) is 5.13. The fraction of sp³-hybridized carbons (Fsp3) is 0.190. The van der Waals surface area contributed by atoms with Crippen molar-refractivity contribution in [2.45, 2.75) is 25.9 Å². The molecule has 0 fully saturated rings. The lowest BCUT2D eigenvalue weighted by Gasteiger charge is -2.32. The highest BCUT2D eigenvalue weighted by Crippen LogP contribution is 2.18. The second kappa shape index (κ2) is 8.92. The van der Waals surface area contributed by atoms with E-state index >= 15 is 0 Å². The van der Waals surface area contributed by atoms with Crippen molar-refractivity contribution in [3.63, 3.8) is 0 Å². The fourth-order valence-corrected chi connectivity index (χ4v) is 3.96. The molecule has 0 radical (unpaired) electrons. The van der Waals surface area contributed by atoms with Crippen LogP contribution in [0.1, 0.15) is 17.4 Å². The topological polar surface area (TPSA) is 15.3 Å². The zero-order valence-corrected chi connectivity index (χ0v) is 16.2. The Balaban J connectivity index is 1.76. The highest BCUT2D eigenvalue weighted by molar-refractivity contribution is 7.80. The summed E-state index contributed by atoms with van der Waals surface area (Å²) in [6.07, 6.45) is 0.926. The zero-order valence-electron chi connectivity index (χ0n) is 14.6. The van der Waals surface area contributed by atoms with Gasteiger partial charge in [0.05, 0.1) is 0 Å². The van der Waals surface area contributed by atoms with Crippen LogP contribution in [0.15, 0.2) is 72.1 Å². The van der Waals surface area contributed by atoms with E-state index < -0.39 is 0 Å². The van der Waals surface area contributed by atoms with Crippen LogP contribution < -0.4 is 5.32 Å². The van der Waals surface area contributed by atoms with Gasteiger partial charge in [0, 0.05) is 29.6 Å². The summed E-state index contributed by atoms with van der Waals surface area (Å²) in [5, 5.41) is 5.98. The minimum absolute atomic E-state index is 0.231. The van der Waals surface area contributed by atoms with Crippen molar-refractivity contribution in [2.24, 2.45) is 0 Å². The molecule has 2 aromatic carbocycles. The van der Waals surface area contributed by atoms with E-state index in [2.05, 4.69) is 46.8 Å². The van der Waals surface area contributed by atoms with Gasteiger partial charge in [-0.1, -0.05) is 36.4 Å². The predicted octanol–water partition coefficient (Wildman–Crippen LogP) is 5.72. The first kappa shape index (κ1) is 18.5. The lowest BCUT2D eigenvalue weighted by Crippen LogP contribution is -2.41. The first-order valence-electron chi connectivity index (χ1n) is 8.51. The van der Waals surface area contributed by atoms with Gasteiger partial charge in [0.2, 0.25) is 0 Å². The Morgan fingerprint density at radius 2 is 1.81 bits per heavy atom. The Morgan fingerprint density at radius 3 is 2.46 bits per heavy atom. The third-order valence-electron chi connectivity index (χ3n) is 4.16. The summed E-state index contributed by atoms with van der Waals surface area (Å²) in [6.45, 7) is 2.90. The summed E-state index contributed by atoms with van der Waals surface area (Å²) in [7, 11) is 0. The molecule has 134 valence electrons. The smallest absolute Gasteiger partial charge is 0.173 e. The van der Waals surface area contributed by atoms with Crippen LogP contribution in [0.5, 0.6) is 0 Å². The van der Waals surface area contributed by atoms with Gasteiger partial charge in [-0.15, -0.1) is 11.3 Å². The van der Waals surface area contributed by atoms with Gasteiger partial charge >= 0.3 is 0 Å². The summed E-state index contributed by atoms with van der Waals surface area (Å²) in [5.74, 6) is -0.256. The molecule has 1 N–H and O–H groups in total. The van der Waals surface area contributed by atoms with E-state index in [0.717, 1.165) is 18.7 Å². The van der Waals surface area contributed by atoms with Crippen LogP contribution in [0.3, 0.4) is 0 Å². The maximum atomic E-state index is 13.1. The molecular weight excluding hydrogens is 363 g/mol. The molecule has 0 saturated heterocycles. The number of hydrogen-bond donors (Lipinski definition) is 1. The van der Waals surface area contributed by atoms with Gasteiger partial charge in [0.15, 0.2) is 5.11 Å². The van der Waals surface area contributed by atoms with Crippen LogP contribution in [0.4, 0.5) is 10.1 Å². The molecule has 0 aliphatic rings. The number of nitrogens with zero attached hydrogens (tertiary/aromatic N) is 1. The molecule has 3 aromatic rings. The highest BCUT2D eigenvalue weighted by Gasteiger charge is 2.18. The molecule has 0 bridgehead atoms. The first-order valence-corrected chi connectivity index (χ1v) is 9.80. The minimum Gasteiger partial charge on any atom is -0.342 e. The number of benzene rings is 2. The molecule has 2 nitrogen and oxygen atoms in total. The third-order valence-corrected chi connectivity index (χ3v) is 5.40. The van der Waals surface area contributed by atoms with Crippen LogP contribution in [0.2, 0.25) is 0 Å². The van der Waals surface area contributed by atoms with Crippen molar-refractivity contribution in [1.29, 1.82) is 0 Å². The SMILES string of the molecule is C[C@H](Cc1cccs1)N(Cc1ccccc1)C(=S)Nc1ccc(F)cc1. The van der Waals surface area contributed by atoms with Gasteiger partial charge in [-0.3, -0.25) is 0 Å². The van der Waals surface area contributed by atoms with Gasteiger partial charge in [0.1, 0.15) is 5.82 Å². The Morgan fingerprint density at radius 1 is 1.08 bits per heavy atom. The van der Waals surface area contributed by atoms with Gasteiger partial charge in [0.25, 0.3) is 0 Å². The minimum atomic E-state index is -0.256. The Labute approximate surface area is 163 Å². The van der Waals surface area contributed by atoms with Crippen molar-refractivity contribution in [3.05, 3.63) is 88.4 Å². The van der Waals surface area contributed by atoms with Gasteiger partial charge in [-0.05, 0) is 60.4 Å². The van der Waals surface area contributed by atoms with E-state index in [-0.39, 0.29) is 11.9 Å². The molecule has 0 spiro atoms. The quantitative estimate of drug-likeness (QED) is 0.547. The number of thiophene rings is 1. The lowest BCUT2D eigenvalue weighted by molar-refractivity contribution is 0.326. The monoisotopic (exact) mass is 384 g/mol. The van der Waals surface area contributed by atoms with Crippen LogP contribution in [-0.4, -0.2) is 16.1 Å². The summed E-state index contributed by atoms with van der Waals surface area (Å²) in [4.78, 5) is 3.52. The number of rotatable bonds is 6. The van der Waals surface area contributed by atoms with Crippen LogP contribution >= 0.6 is 23.6 Å².